The van der Waals surface area contributed by atoms with Crippen LogP contribution >= 0.6 is 0 Å². The van der Waals surface area contributed by atoms with E-state index in [1.165, 1.54) is 0 Å². The summed E-state index contributed by atoms with van der Waals surface area (Å²) in [6.45, 7) is 5.26. The van der Waals surface area contributed by atoms with Crippen LogP contribution in [0.1, 0.15) is 13.3 Å². The van der Waals surface area contributed by atoms with Gasteiger partial charge in [-0.2, -0.15) is 0 Å². The number of rotatable bonds is 6. The molecule has 0 saturated heterocycles. The average Bonchev–Trinajstić information content (AvgIpc) is 2.28. The number of nitrogens with zero attached hydrogens (tertiary/aromatic N) is 2. The Balaban J connectivity index is 2.77. The summed E-state index contributed by atoms with van der Waals surface area (Å²) in [6.07, 6.45) is 1.12. The fraction of sp³-hybridized carbons (Fsp3) is 0.538. The predicted octanol–water partition coefficient (Wildman–Crippen LogP) is 1.63. The summed E-state index contributed by atoms with van der Waals surface area (Å²) in [6, 6.07) is 5.88. The zero-order valence-corrected chi connectivity index (χ0v) is 11.1. The van der Waals surface area contributed by atoms with Crippen LogP contribution in [0.25, 0.3) is 0 Å². The Morgan fingerprint density at radius 1 is 1.00 bits per heavy atom. The Hall–Kier alpha value is -1.42. The molecule has 4 N–H and O–H groups in total. The molecule has 0 radical (unpaired) electrons. The van der Waals surface area contributed by atoms with Crippen molar-refractivity contribution in [2.45, 2.75) is 13.3 Å². The molecule has 4 heteroatoms. The lowest BCUT2D eigenvalue weighted by Crippen LogP contribution is -2.32. The molecule has 96 valence electrons. The van der Waals surface area contributed by atoms with Crippen molar-refractivity contribution >= 4 is 17.1 Å². The second kappa shape index (κ2) is 6.35. The summed E-state index contributed by atoms with van der Waals surface area (Å²) >= 11 is 0. The van der Waals surface area contributed by atoms with Crippen LogP contribution in [0.2, 0.25) is 0 Å². The first-order chi connectivity index (χ1) is 8.04. The van der Waals surface area contributed by atoms with Crippen LogP contribution < -0.4 is 16.4 Å². The third kappa shape index (κ3) is 4.15. The Bertz CT molecular complexity index is 349. The molecule has 0 fully saturated rings. The number of hydrogen-bond donors (Lipinski definition) is 2. The van der Waals surface area contributed by atoms with Crippen LogP contribution in [-0.2, 0) is 0 Å². The van der Waals surface area contributed by atoms with E-state index in [1.807, 2.05) is 18.2 Å². The maximum Gasteiger partial charge on any atom is 0.0568 e. The van der Waals surface area contributed by atoms with E-state index in [4.69, 9.17) is 11.5 Å². The number of nitrogens with two attached hydrogens (primary N) is 2. The molecule has 0 aliphatic heterocycles. The van der Waals surface area contributed by atoms with E-state index in [-0.39, 0.29) is 0 Å². The molecule has 0 amide bonds. The van der Waals surface area contributed by atoms with Crippen LogP contribution in [0, 0.1) is 0 Å². The van der Waals surface area contributed by atoms with Gasteiger partial charge >= 0.3 is 0 Å². The normalized spacial score (nSPS) is 10.8. The van der Waals surface area contributed by atoms with Gasteiger partial charge in [-0.05, 0) is 38.7 Å². The molecule has 0 spiro atoms. The minimum atomic E-state index is 0.651. The van der Waals surface area contributed by atoms with Gasteiger partial charge in [-0.1, -0.05) is 6.92 Å². The molecule has 4 nitrogen and oxygen atoms in total. The van der Waals surface area contributed by atoms with Crippen molar-refractivity contribution in [3.63, 3.8) is 0 Å². The lowest BCUT2D eigenvalue weighted by Gasteiger charge is -2.26. The van der Waals surface area contributed by atoms with Crippen LogP contribution in [0.15, 0.2) is 18.2 Å². The van der Waals surface area contributed by atoms with Gasteiger partial charge in [-0.3, -0.25) is 0 Å². The first-order valence-electron chi connectivity index (χ1n) is 6.09. The summed E-state index contributed by atoms with van der Waals surface area (Å²) in [5.74, 6) is 0. The summed E-state index contributed by atoms with van der Waals surface area (Å²) in [5, 5.41) is 0. The van der Waals surface area contributed by atoms with E-state index in [2.05, 4.69) is 30.8 Å². The maximum absolute atomic E-state index is 5.85. The maximum atomic E-state index is 5.85. The fourth-order valence-corrected chi connectivity index (χ4v) is 1.72. The van der Waals surface area contributed by atoms with Gasteiger partial charge in [-0.25, -0.2) is 0 Å². The number of anilines is 3. The molecule has 0 aromatic heterocycles. The Labute approximate surface area is 104 Å². The monoisotopic (exact) mass is 236 g/mol. The van der Waals surface area contributed by atoms with Gasteiger partial charge in [0.2, 0.25) is 0 Å². The second-order valence-electron chi connectivity index (χ2n) is 4.60. The van der Waals surface area contributed by atoms with Gasteiger partial charge in [-0.15, -0.1) is 0 Å². The highest BCUT2D eigenvalue weighted by Crippen LogP contribution is 2.23. The number of benzene rings is 1. The standard InChI is InChI=1S/C13H24N4/c1-4-7-17(9-8-16(2)3)11-5-6-12(14)13(15)10-11/h5-6,10H,4,7-9,14-15H2,1-3H3. The smallest absolute Gasteiger partial charge is 0.0568 e. The van der Waals surface area contributed by atoms with Crippen LogP contribution in [-0.4, -0.2) is 38.6 Å². The summed E-state index contributed by atoms with van der Waals surface area (Å²) in [7, 11) is 4.17. The van der Waals surface area contributed by atoms with E-state index in [0.717, 1.165) is 31.7 Å². The average molecular weight is 236 g/mol. The quantitative estimate of drug-likeness (QED) is 0.737. The molecule has 1 aromatic rings. The topological polar surface area (TPSA) is 58.5 Å². The molecule has 0 bridgehead atoms. The highest BCUT2D eigenvalue weighted by Gasteiger charge is 2.07. The predicted molar refractivity (Wildman–Crippen MR) is 76.3 cm³/mol. The SMILES string of the molecule is CCCN(CCN(C)C)c1ccc(N)c(N)c1. The summed E-state index contributed by atoms with van der Waals surface area (Å²) < 4.78 is 0. The van der Waals surface area contributed by atoms with Crippen LogP contribution in [0.5, 0.6) is 0 Å². The third-order valence-corrected chi connectivity index (χ3v) is 2.75. The molecule has 1 rings (SSSR count). The van der Waals surface area contributed by atoms with Crippen molar-refractivity contribution < 1.29 is 0 Å². The van der Waals surface area contributed by atoms with E-state index in [0.29, 0.717) is 11.4 Å². The van der Waals surface area contributed by atoms with Crippen molar-refractivity contribution in [1.29, 1.82) is 0 Å². The molecule has 0 saturated carbocycles. The molecule has 0 aliphatic carbocycles. The molecule has 0 aliphatic rings. The first kappa shape index (κ1) is 13.6. The number of hydrogen-bond acceptors (Lipinski definition) is 4. The van der Waals surface area contributed by atoms with Gasteiger partial charge in [0, 0.05) is 25.3 Å². The van der Waals surface area contributed by atoms with Gasteiger partial charge in [0.05, 0.1) is 11.4 Å². The zero-order chi connectivity index (χ0) is 12.8. The van der Waals surface area contributed by atoms with Crippen molar-refractivity contribution in [2.75, 3.05) is 50.1 Å². The van der Waals surface area contributed by atoms with Gasteiger partial charge in [0.1, 0.15) is 0 Å². The van der Waals surface area contributed by atoms with Crippen molar-refractivity contribution in [3.8, 4) is 0 Å². The van der Waals surface area contributed by atoms with E-state index in [9.17, 15) is 0 Å². The molecular weight excluding hydrogens is 212 g/mol. The minimum absolute atomic E-state index is 0.651. The molecule has 17 heavy (non-hydrogen) atoms. The van der Waals surface area contributed by atoms with Crippen LogP contribution in [0.3, 0.4) is 0 Å². The number of nitrogen functional groups attached to an aromatic ring is 2. The summed E-state index contributed by atoms with van der Waals surface area (Å²) in [5.41, 5.74) is 14.0. The van der Waals surface area contributed by atoms with Gasteiger partial charge in [0.15, 0.2) is 0 Å². The second-order valence-corrected chi connectivity index (χ2v) is 4.60. The van der Waals surface area contributed by atoms with E-state index in [1.54, 1.807) is 0 Å². The van der Waals surface area contributed by atoms with Crippen LogP contribution in [0.4, 0.5) is 17.1 Å². The fourth-order valence-electron chi connectivity index (χ4n) is 1.72. The van der Waals surface area contributed by atoms with Gasteiger partial charge < -0.3 is 21.3 Å². The Morgan fingerprint density at radius 2 is 1.71 bits per heavy atom. The van der Waals surface area contributed by atoms with E-state index >= 15 is 0 Å². The minimum Gasteiger partial charge on any atom is -0.397 e. The van der Waals surface area contributed by atoms with Gasteiger partial charge in [0.25, 0.3) is 0 Å². The number of likely N-dealkylation sites (N-methyl/N-ethyl adjacent to an activating group) is 1. The molecule has 0 unspecified atom stereocenters. The highest BCUT2D eigenvalue weighted by molar-refractivity contribution is 5.69. The molecule has 0 heterocycles. The van der Waals surface area contributed by atoms with E-state index < -0.39 is 0 Å². The molecule has 1 aromatic carbocycles. The molecule has 0 atom stereocenters. The Morgan fingerprint density at radius 3 is 2.24 bits per heavy atom. The van der Waals surface area contributed by atoms with Crippen molar-refractivity contribution in [1.82, 2.24) is 4.90 Å². The Kier molecular flexibility index (Phi) is 5.10. The van der Waals surface area contributed by atoms with Crippen molar-refractivity contribution in [3.05, 3.63) is 18.2 Å². The highest BCUT2D eigenvalue weighted by atomic mass is 15.2. The first-order valence-corrected chi connectivity index (χ1v) is 6.09. The largest absolute Gasteiger partial charge is 0.397 e. The van der Waals surface area contributed by atoms with Crippen molar-refractivity contribution in [2.24, 2.45) is 0 Å². The lowest BCUT2D eigenvalue weighted by molar-refractivity contribution is 0.413. The zero-order valence-electron chi connectivity index (χ0n) is 11.1. The molecular formula is C13H24N4. The summed E-state index contributed by atoms with van der Waals surface area (Å²) in [4.78, 5) is 4.53. The third-order valence-electron chi connectivity index (χ3n) is 2.75. The lowest BCUT2D eigenvalue weighted by atomic mass is 10.2.